The van der Waals surface area contributed by atoms with Crippen molar-refractivity contribution < 1.29 is 18.0 Å². The molecule has 1 aromatic carbocycles. The lowest BCUT2D eigenvalue weighted by molar-refractivity contribution is -0.145. The van der Waals surface area contributed by atoms with Gasteiger partial charge in [0, 0.05) is 31.8 Å². The first kappa shape index (κ1) is 24.5. The Kier molecular flexibility index (Phi) is 7.57. The van der Waals surface area contributed by atoms with Crippen LogP contribution in [0.2, 0.25) is 5.02 Å². The minimum atomic E-state index is -3.09. The number of halogens is 4. The van der Waals surface area contributed by atoms with Crippen LogP contribution in [0.1, 0.15) is 18.9 Å². The van der Waals surface area contributed by atoms with E-state index in [9.17, 15) is 18.0 Å². The summed E-state index contributed by atoms with van der Waals surface area (Å²) >= 11 is 5.79. The number of anilines is 1. The summed E-state index contributed by atoms with van der Waals surface area (Å²) in [6.07, 6.45) is 3.81. The predicted molar refractivity (Wildman–Crippen MR) is 121 cm³/mol. The molecule has 1 amide bonds. The van der Waals surface area contributed by atoms with E-state index >= 15 is 0 Å². The van der Waals surface area contributed by atoms with Gasteiger partial charge in [0.25, 0.3) is 11.8 Å². The number of nitrogens with one attached hydrogen (secondary N) is 3. The molecule has 0 spiro atoms. The quantitative estimate of drug-likeness (QED) is 0.524. The van der Waals surface area contributed by atoms with E-state index in [1.54, 1.807) is 14.0 Å². The van der Waals surface area contributed by atoms with Gasteiger partial charge in [-0.15, -0.1) is 0 Å². The smallest absolute Gasteiger partial charge is 0.272 e. The molecule has 176 valence electrons. The van der Waals surface area contributed by atoms with E-state index in [1.807, 2.05) is 0 Å². The molecule has 3 N–H and O–H groups in total. The third-order valence-corrected chi connectivity index (χ3v) is 5.55. The number of hydrogen-bond donors (Lipinski definition) is 3. The lowest BCUT2D eigenvalue weighted by atomic mass is 9.87. The largest absolute Gasteiger partial charge is 0.393 e. The fourth-order valence-corrected chi connectivity index (χ4v) is 3.91. The number of carbonyl (C=O) groups excluding carboxylic acids is 1. The lowest BCUT2D eigenvalue weighted by Gasteiger charge is -2.43. The first-order chi connectivity index (χ1) is 15.6. The molecule has 1 unspecified atom stereocenters. The van der Waals surface area contributed by atoms with Crippen LogP contribution >= 0.6 is 11.6 Å². The number of rotatable bonds is 7. The van der Waals surface area contributed by atoms with E-state index in [0.717, 1.165) is 4.90 Å². The molecule has 33 heavy (non-hydrogen) atoms. The van der Waals surface area contributed by atoms with Crippen LogP contribution in [0.3, 0.4) is 0 Å². The minimum absolute atomic E-state index is 0.111. The Bertz CT molecular complexity index is 1030. The van der Waals surface area contributed by atoms with E-state index < -0.39 is 48.3 Å². The molecule has 0 radical (unpaired) electrons. The van der Waals surface area contributed by atoms with Gasteiger partial charge in [-0.1, -0.05) is 30.7 Å². The summed E-state index contributed by atoms with van der Waals surface area (Å²) in [5.74, 6) is -4.73. The standard InChI is InChI=1S/C22H24ClF3N6O/c1-13-7-22(25,26)12-32(18(13)11-31-21-29-8-15(23)9-30-21)20(33)19(27)17(10-28-2)14-3-5-16(24)6-4-14/h3-6,8-10,13,18,27-28H,7,11-12H2,1-2H3,(H,29,30,31)/b17-10-,27-19?/t13-,18?/m1/s1. The molecule has 1 aliphatic rings. The van der Waals surface area contributed by atoms with Crippen molar-refractivity contribution in [2.75, 3.05) is 25.5 Å². The van der Waals surface area contributed by atoms with Crippen molar-refractivity contribution in [1.29, 1.82) is 5.41 Å². The normalized spacial score (nSPS) is 20.3. The molecule has 0 aliphatic carbocycles. The van der Waals surface area contributed by atoms with E-state index in [2.05, 4.69) is 20.6 Å². The van der Waals surface area contributed by atoms with Crippen molar-refractivity contribution in [1.82, 2.24) is 20.2 Å². The molecule has 1 aliphatic heterocycles. The fourth-order valence-electron chi connectivity index (χ4n) is 3.81. The first-order valence-corrected chi connectivity index (χ1v) is 10.6. The average Bonchev–Trinajstić information content (AvgIpc) is 2.77. The average molecular weight is 481 g/mol. The summed E-state index contributed by atoms with van der Waals surface area (Å²) in [4.78, 5) is 22.4. The van der Waals surface area contributed by atoms with Crippen LogP contribution in [0, 0.1) is 17.1 Å². The van der Waals surface area contributed by atoms with Crippen LogP contribution in [0.5, 0.6) is 0 Å². The van der Waals surface area contributed by atoms with Gasteiger partial charge in [-0.3, -0.25) is 10.2 Å². The number of likely N-dealkylation sites (tertiary alicyclic amines) is 1. The second kappa shape index (κ2) is 10.2. The fraction of sp³-hybridized carbons (Fsp3) is 0.364. The molecular weight excluding hydrogens is 457 g/mol. The Morgan fingerprint density at radius 2 is 1.94 bits per heavy atom. The molecular formula is C22H24ClF3N6O. The van der Waals surface area contributed by atoms with E-state index in [1.165, 1.54) is 42.9 Å². The van der Waals surface area contributed by atoms with Gasteiger partial charge in [-0.25, -0.2) is 23.1 Å². The third kappa shape index (κ3) is 6.01. The van der Waals surface area contributed by atoms with Crippen LogP contribution in [-0.2, 0) is 4.79 Å². The summed E-state index contributed by atoms with van der Waals surface area (Å²) < 4.78 is 42.2. The van der Waals surface area contributed by atoms with Gasteiger partial charge in [0.15, 0.2) is 0 Å². The minimum Gasteiger partial charge on any atom is -0.393 e. The van der Waals surface area contributed by atoms with Crippen molar-refractivity contribution in [2.24, 2.45) is 5.92 Å². The summed E-state index contributed by atoms with van der Waals surface area (Å²) in [5.41, 5.74) is 0.0931. The van der Waals surface area contributed by atoms with E-state index in [-0.39, 0.29) is 18.1 Å². The van der Waals surface area contributed by atoms with Crippen molar-refractivity contribution in [3.63, 3.8) is 0 Å². The zero-order valence-corrected chi connectivity index (χ0v) is 18.8. The topological polar surface area (TPSA) is 94.0 Å². The van der Waals surface area contributed by atoms with Crippen molar-refractivity contribution >= 4 is 34.7 Å². The Morgan fingerprint density at radius 1 is 1.30 bits per heavy atom. The summed E-state index contributed by atoms with van der Waals surface area (Å²) in [6, 6.07) is 4.61. The monoisotopic (exact) mass is 480 g/mol. The maximum atomic E-state index is 14.4. The number of amides is 1. The Hall–Kier alpha value is -3.14. The summed E-state index contributed by atoms with van der Waals surface area (Å²) in [6.45, 7) is 0.929. The summed E-state index contributed by atoms with van der Waals surface area (Å²) in [5, 5.41) is 14.5. The van der Waals surface area contributed by atoms with Crippen LogP contribution < -0.4 is 10.6 Å². The summed E-state index contributed by atoms with van der Waals surface area (Å²) in [7, 11) is 1.58. The van der Waals surface area contributed by atoms with Crippen LogP contribution in [0.25, 0.3) is 5.57 Å². The highest BCUT2D eigenvalue weighted by molar-refractivity contribution is 6.54. The number of piperidine rings is 1. The van der Waals surface area contributed by atoms with Gasteiger partial charge >= 0.3 is 0 Å². The molecule has 0 saturated carbocycles. The molecule has 0 bridgehead atoms. The number of benzene rings is 1. The highest BCUT2D eigenvalue weighted by Gasteiger charge is 2.46. The van der Waals surface area contributed by atoms with Crippen molar-refractivity contribution in [2.45, 2.75) is 25.3 Å². The van der Waals surface area contributed by atoms with Crippen LogP contribution in [0.15, 0.2) is 42.9 Å². The number of hydrogen-bond acceptors (Lipinski definition) is 6. The molecule has 2 atom stereocenters. The Balaban J connectivity index is 1.86. The van der Waals surface area contributed by atoms with E-state index in [0.29, 0.717) is 10.6 Å². The third-order valence-electron chi connectivity index (χ3n) is 5.36. The SMILES string of the molecule is CN/C=C(\C(=N)C(=O)N1CC(F)(F)C[C@@H](C)C1CNc1ncc(Cl)cn1)c1ccc(F)cc1. The van der Waals surface area contributed by atoms with Crippen molar-refractivity contribution in [3.05, 3.63) is 59.3 Å². The number of carbonyl (C=O) groups is 1. The zero-order valence-electron chi connectivity index (χ0n) is 18.1. The van der Waals surface area contributed by atoms with Crippen LogP contribution in [0.4, 0.5) is 19.1 Å². The van der Waals surface area contributed by atoms with Gasteiger partial charge in [0.05, 0.1) is 30.0 Å². The number of aromatic nitrogens is 2. The van der Waals surface area contributed by atoms with E-state index in [4.69, 9.17) is 17.0 Å². The van der Waals surface area contributed by atoms with Gasteiger partial charge in [0.2, 0.25) is 5.95 Å². The predicted octanol–water partition coefficient (Wildman–Crippen LogP) is 3.83. The molecule has 2 heterocycles. The first-order valence-electron chi connectivity index (χ1n) is 10.2. The van der Waals surface area contributed by atoms with Gasteiger partial charge in [-0.05, 0) is 23.6 Å². The molecule has 7 nitrogen and oxygen atoms in total. The molecule has 2 aromatic rings. The van der Waals surface area contributed by atoms with Gasteiger partial charge in [0.1, 0.15) is 11.5 Å². The molecule has 3 rings (SSSR count). The number of alkyl halides is 2. The van der Waals surface area contributed by atoms with Gasteiger partial charge in [-0.2, -0.15) is 0 Å². The highest BCUT2D eigenvalue weighted by atomic mass is 35.5. The highest BCUT2D eigenvalue weighted by Crippen LogP contribution is 2.35. The maximum Gasteiger partial charge on any atom is 0.272 e. The maximum absolute atomic E-state index is 14.4. The number of nitrogens with zero attached hydrogens (tertiary/aromatic N) is 3. The lowest BCUT2D eigenvalue weighted by Crippen LogP contribution is -2.58. The second-order valence-electron chi connectivity index (χ2n) is 7.87. The van der Waals surface area contributed by atoms with Crippen LogP contribution in [-0.4, -0.2) is 58.6 Å². The van der Waals surface area contributed by atoms with Crippen molar-refractivity contribution in [3.8, 4) is 0 Å². The molecule has 11 heteroatoms. The molecule has 1 saturated heterocycles. The zero-order chi connectivity index (χ0) is 24.2. The molecule has 1 fully saturated rings. The van der Waals surface area contributed by atoms with Gasteiger partial charge < -0.3 is 15.5 Å². The Morgan fingerprint density at radius 3 is 2.55 bits per heavy atom. The molecule has 1 aromatic heterocycles. The Labute approximate surface area is 194 Å². The second-order valence-corrected chi connectivity index (χ2v) is 8.31.